The van der Waals surface area contributed by atoms with E-state index in [9.17, 15) is 4.79 Å². The molecular formula is C14H19ClN2O2. The van der Waals surface area contributed by atoms with E-state index in [0.717, 1.165) is 31.7 Å². The molecule has 0 bridgehead atoms. The lowest BCUT2D eigenvalue weighted by atomic mass is 10.2. The summed E-state index contributed by atoms with van der Waals surface area (Å²) in [6.45, 7) is 5.37. The molecule has 1 saturated heterocycles. The zero-order valence-corrected chi connectivity index (χ0v) is 12.1. The van der Waals surface area contributed by atoms with E-state index in [0.29, 0.717) is 10.8 Å². The van der Waals surface area contributed by atoms with Gasteiger partial charge in [0.05, 0.1) is 5.02 Å². The van der Waals surface area contributed by atoms with Gasteiger partial charge in [0.2, 0.25) is 0 Å². The third kappa shape index (κ3) is 3.85. The van der Waals surface area contributed by atoms with Crippen LogP contribution in [-0.2, 0) is 4.79 Å². The molecule has 1 amide bonds. The minimum absolute atomic E-state index is 0.0191. The molecule has 1 aromatic carbocycles. The fraction of sp³-hybridized carbons (Fsp3) is 0.500. The second kappa shape index (κ2) is 6.26. The van der Waals surface area contributed by atoms with Crippen molar-refractivity contribution in [2.45, 2.75) is 6.92 Å². The number of carbonyl (C=O) groups is 1. The van der Waals surface area contributed by atoms with E-state index in [1.807, 2.05) is 24.0 Å². The van der Waals surface area contributed by atoms with Crippen molar-refractivity contribution in [2.24, 2.45) is 0 Å². The Morgan fingerprint density at radius 1 is 1.32 bits per heavy atom. The van der Waals surface area contributed by atoms with Gasteiger partial charge in [-0.1, -0.05) is 17.7 Å². The molecule has 0 aromatic heterocycles. The number of hydrogen-bond donors (Lipinski definition) is 0. The maximum absolute atomic E-state index is 12.0. The van der Waals surface area contributed by atoms with Crippen molar-refractivity contribution < 1.29 is 9.53 Å². The summed E-state index contributed by atoms with van der Waals surface area (Å²) in [5, 5.41) is 0.539. The van der Waals surface area contributed by atoms with Crippen LogP contribution >= 0.6 is 11.6 Å². The van der Waals surface area contributed by atoms with Crippen LogP contribution in [0.4, 0.5) is 0 Å². The van der Waals surface area contributed by atoms with Gasteiger partial charge in [0, 0.05) is 26.2 Å². The van der Waals surface area contributed by atoms with Crippen LogP contribution in [-0.4, -0.2) is 55.5 Å². The Labute approximate surface area is 118 Å². The van der Waals surface area contributed by atoms with Crippen LogP contribution in [0.25, 0.3) is 0 Å². The summed E-state index contributed by atoms with van der Waals surface area (Å²) in [6, 6.07) is 5.55. The maximum Gasteiger partial charge on any atom is 0.260 e. The normalized spacial score (nSPS) is 16.5. The predicted octanol–water partition coefficient (Wildman–Crippen LogP) is 1.80. The van der Waals surface area contributed by atoms with Crippen LogP contribution in [0.5, 0.6) is 5.75 Å². The number of ether oxygens (including phenoxy) is 1. The number of nitrogens with zero attached hydrogens (tertiary/aromatic N) is 2. The molecule has 0 aliphatic carbocycles. The molecular weight excluding hydrogens is 264 g/mol. The molecule has 0 saturated carbocycles. The van der Waals surface area contributed by atoms with E-state index >= 15 is 0 Å². The van der Waals surface area contributed by atoms with Crippen LogP contribution in [0.1, 0.15) is 5.56 Å². The average molecular weight is 283 g/mol. The summed E-state index contributed by atoms with van der Waals surface area (Å²) in [7, 11) is 2.06. The highest BCUT2D eigenvalue weighted by Gasteiger charge is 2.19. The first-order chi connectivity index (χ1) is 9.06. The van der Waals surface area contributed by atoms with Gasteiger partial charge in [-0.25, -0.2) is 0 Å². The minimum atomic E-state index is 0.0191. The average Bonchev–Trinajstić information content (AvgIpc) is 2.40. The molecule has 5 heteroatoms. The first-order valence-corrected chi connectivity index (χ1v) is 6.79. The van der Waals surface area contributed by atoms with Crippen LogP contribution < -0.4 is 4.74 Å². The van der Waals surface area contributed by atoms with E-state index in [1.165, 1.54) is 0 Å². The van der Waals surface area contributed by atoms with Gasteiger partial charge in [0.25, 0.3) is 5.91 Å². The van der Waals surface area contributed by atoms with E-state index in [1.54, 1.807) is 6.07 Å². The second-order valence-corrected chi connectivity index (χ2v) is 5.31. The van der Waals surface area contributed by atoms with Crippen molar-refractivity contribution in [3.63, 3.8) is 0 Å². The molecule has 0 radical (unpaired) electrons. The Morgan fingerprint density at radius 3 is 2.68 bits per heavy atom. The Balaban J connectivity index is 1.88. The number of hydrogen-bond acceptors (Lipinski definition) is 3. The van der Waals surface area contributed by atoms with Crippen molar-refractivity contribution in [1.82, 2.24) is 9.80 Å². The van der Waals surface area contributed by atoms with Crippen LogP contribution in [0.3, 0.4) is 0 Å². The molecule has 0 atom stereocenters. The van der Waals surface area contributed by atoms with Gasteiger partial charge in [-0.3, -0.25) is 4.79 Å². The Bertz CT molecular complexity index is 457. The van der Waals surface area contributed by atoms with Gasteiger partial charge < -0.3 is 14.5 Å². The van der Waals surface area contributed by atoms with Gasteiger partial charge >= 0.3 is 0 Å². The lowest BCUT2D eigenvalue weighted by Crippen LogP contribution is -2.48. The molecule has 2 rings (SSSR count). The van der Waals surface area contributed by atoms with Crippen LogP contribution in [0, 0.1) is 6.92 Å². The molecule has 0 unspecified atom stereocenters. The molecule has 1 aliphatic heterocycles. The molecule has 1 aromatic rings. The number of piperazine rings is 1. The number of amides is 1. The van der Waals surface area contributed by atoms with Crippen molar-refractivity contribution in [2.75, 3.05) is 39.8 Å². The summed E-state index contributed by atoms with van der Waals surface area (Å²) in [5.74, 6) is 0.592. The largest absolute Gasteiger partial charge is 0.482 e. The third-order valence-electron chi connectivity index (χ3n) is 3.29. The van der Waals surface area contributed by atoms with Gasteiger partial charge in [-0.05, 0) is 31.7 Å². The van der Waals surface area contributed by atoms with E-state index < -0.39 is 0 Å². The topological polar surface area (TPSA) is 32.8 Å². The highest BCUT2D eigenvalue weighted by Crippen LogP contribution is 2.25. The highest BCUT2D eigenvalue weighted by atomic mass is 35.5. The highest BCUT2D eigenvalue weighted by molar-refractivity contribution is 6.32. The zero-order chi connectivity index (χ0) is 13.8. The standard InChI is InChI=1S/C14H19ClN2O2/c1-11-3-4-12(15)13(9-11)19-10-14(18)17-7-5-16(2)6-8-17/h3-4,9H,5-8,10H2,1-2H3. The van der Waals surface area contributed by atoms with Gasteiger partial charge in [-0.15, -0.1) is 0 Å². The number of carbonyl (C=O) groups excluding carboxylic acids is 1. The Hall–Kier alpha value is -1.26. The second-order valence-electron chi connectivity index (χ2n) is 4.91. The van der Waals surface area contributed by atoms with Gasteiger partial charge in [0.1, 0.15) is 5.75 Å². The summed E-state index contributed by atoms with van der Waals surface area (Å²) >= 11 is 6.03. The Morgan fingerprint density at radius 2 is 2.00 bits per heavy atom. The molecule has 0 spiro atoms. The first-order valence-electron chi connectivity index (χ1n) is 6.41. The quantitative estimate of drug-likeness (QED) is 0.848. The van der Waals surface area contributed by atoms with Crippen molar-refractivity contribution >= 4 is 17.5 Å². The molecule has 1 heterocycles. The van der Waals surface area contributed by atoms with E-state index in [4.69, 9.17) is 16.3 Å². The molecule has 19 heavy (non-hydrogen) atoms. The van der Waals surface area contributed by atoms with Crippen molar-refractivity contribution in [3.8, 4) is 5.75 Å². The lowest BCUT2D eigenvalue weighted by molar-refractivity contribution is -0.134. The van der Waals surface area contributed by atoms with Gasteiger partial charge in [-0.2, -0.15) is 0 Å². The van der Waals surface area contributed by atoms with Gasteiger partial charge in [0.15, 0.2) is 6.61 Å². The summed E-state index contributed by atoms with van der Waals surface area (Å²) in [6.07, 6.45) is 0. The fourth-order valence-corrected chi connectivity index (χ4v) is 2.18. The number of likely N-dealkylation sites (N-methyl/N-ethyl adjacent to an activating group) is 1. The number of aryl methyl sites for hydroxylation is 1. The first kappa shape index (κ1) is 14.2. The zero-order valence-electron chi connectivity index (χ0n) is 11.4. The van der Waals surface area contributed by atoms with Crippen molar-refractivity contribution in [1.29, 1.82) is 0 Å². The number of rotatable bonds is 3. The lowest BCUT2D eigenvalue weighted by Gasteiger charge is -2.32. The molecule has 1 fully saturated rings. The summed E-state index contributed by atoms with van der Waals surface area (Å²) in [5.41, 5.74) is 1.06. The number of benzene rings is 1. The van der Waals surface area contributed by atoms with E-state index in [-0.39, 0.29) is 12.5 Å². The van der Waals surface area contributed by atoms with Crippen molar-refractivity contribution in [3.05, 3.63) is 28.8 Å². The molecule has 0 N–H and O–H groups in total. The third-order valence-corrected chi connectivity index (χ3v) is 3.61. The smallest absolute Gasteiger partial charge is 0.260 e. The monoisotopic (exact) mass is 282 g/mol. The van der Waals surface area contributed by atoms with Crippen LogP contribution in [0.15, 0.2) is 18.2 Å². The molecule has 104 valence electrons. The fourth-order valence-electron chi connectivity index (χ4n) is 2.01. The molecule has 1 aliphatic rings. The SMILES string of the molecule is Cc1ccc(Cl)c(OCC(=O)N2CCN(C)CC2)c1. The van der Waals surface area contributed by atoms with Crippen LogP contribution in [0.2, 0.25) is 5.02 Å². The number of halogens is 1. The summed E-state index contributed by atoms with van der Waals surface area (Å²) in [4.78, 5) is 16.1. The predicted molar refractivity (Wildman–Crippen MR) is 75.8 cm³/mol. The minimum Gasteiger partial charge on any atom is -0.482 e. The molecule has 4 nitrogen and oxygen atoms in total. The Kier molecular flexibility index (Phi) is 4.66. The van der Waals surface area contributed by atoms with E-state index in [2.05, 4.69) is 11.9 Å². The summed E-state index contributed by atoms with van der Waals surface area (Å²) < 4.78 is 5.52. The maximum atomic E-state index is 12.0.